The first kappa shape index (κ1) is 16.2. The lowest BCUT2D eigenvalue weighted by molar-refractivity contribution is -0.150. The lowest BCUT2D eigenvalue weighted by atomic mass is 9.77. The van der Waals surface area contributed by atoms with Crippen LogP contribution in [-0.4, -0.2) is 63.7 Å². The monoisotopic (exact) mass is 297 g/mol. The Kier molecular flexibility index (Phi) is 5.58. The van der Waals surface area contributed by atoms with E-state index in [2.05, 4.69) is 10.6 Å². The summed E-state index contributed by atoms with van der Waals surface area (Å²) in [6.07, 6.45) is 3.17. The van der Waals surface area contributed by atoms with E-state index in [-0.39, 0.29) is 23.1 Å². The molecule has 2 fully saturated rings. The average Bonchev–Trinajstić information content (AvgIpc) is 2.54. The van der Waals surface area contributed by atoms with Crippen LogP contribution in [0.2, 0.25) is 0 Å². The molecule has 0 bridgehead atoms. The molecule has 0 spiro atoms. The molecule has 0 saturated carbocycles. The zero-order chi connectivity index (χ0) is 15.3. The molecule has 0 aliphatic carbocycles. The fraction of sp³-hybridized carbons (Fsp3) is 0.867. The molecular weight excluding hydrogens is 270 g/mol. The smallest absolute Gasteiger partial charge is 0.231 e. The number of ether oxygens (including phenoxy) is 1. The van der Waals surface area contributed by atoms with E-state index >= 15 is 0 Å². The first-order chi connectivity index (χ1) is 10.1. The summed E-state index contributed by atoms with van der Waals surface area (Å²) in [6.45, 7) is 3.57. The Bertz CT molecular complexity index is 367. The van der Waals surface area contributed by atoms with Crippen LogP contribution in [0.5, 0.6) is 0 Å². The van der Waals surface area contributed by atoms with E-state index in [4.69, 9.17) is 4.74 Å². The highest BCUT2D eigenvalue weighted by atomic mass is 16.5. The second kappa shape index (κ2) is 7.22. The first-order valence-electron chi connectivity index (χ1n) is 7.83. The Balaban J connectivity index is 1.97. The fourth-order valence-electron chi connectivity index (χ4n) is 3.49. The van der Waals surface area contributed by atoms with Gasteiger partial charge in [0, 0.05) is 33.2 Å². The maximum Gasteiger partial charge on any atom is 0.231 e. The molecule has 21 heavy (non-hydrogen) atoms. The number of rotatable bonds is 4. The minimum Gasteiger partial charge on any atom is -0.384 e. The zero-order valence-corrected chi connectivity index (χ0v) is 13.1. The molecule has 2 heterocycles. The average molecular weight is 297 g/mol. The summed E-state index contributed by atoms with van der Waals surface area (Å²) < 4.78 is 5.33. The van der Waals surface area contributed by atoms with Crippen molar-refractivity contribution in [1.29, 1.82) is 0 Å². The highest BCUT2D eigenvalue weighted by Crippen LogP contribution is 2.33. The van der Waals surface area contributed by atoms with Crippen LogP contribution < -0.4 is 10.6 Å². The Morgan fingerprint density at radius 3 is 2.43 bits per heavy atom. The van der Waals surface area contributed by atoms with Crippen molar-refractivity contribution < 1.29 is 14.3 Å². The van der Waals surface area contributed by atoms with Gasteiger partial charge in [0.25, 0.3) is 0 Å². The fourth-order valence-corrected chi connectivity index (χ4v) is 3.49. The van der Waals surface area contributed by atoms with Crippen molar-refractivity contribution in [2.45, 2.75) is 25.7 Å². The SMILES string of the molecule is CNC(=O)C1CCN(C(=O)C2(COC)CCNCC2)CC1. The van der Waals surface area contributed by atoms with Gasteiger partial charge in [0.2, 0.25) is 11.8 Å². The van der Waals surface area contributed by atoms with Gasteiger partial charge in [-0.15, -0.1) is 0 Å². The molecule has 0 aromatic rings. The summed E-state index contributed by atoms with van der Waals surface area (Å²) in [5.41, 5.74) is -0.375. The summed E-state index contributed by atoms with van der Waals surface area (Å²) in [6, 6.07) is 0. The molecular formula is C15H27N3O3. The van der Waals surface area contributed by atoms with Gasteiger partial charge in [0.1, 0.15) is 0 Å². The predicted molar refractivity (Wildman–Crippen MR) is 79.8 cm³/mol. The number of nitrogens with one attached hydrogen (secondary N) is 2. The van der Waals surface area contributed by atoms with Gasteiger partial charge in [-0.25, -0.2) is 0 Å². The number of nitrogens with zero attached hydrogens (tertiary/aromatic N) is 1. The molecule has 0 radical (unpaired) electrons. The summed E-state index contributed by atoms with van der Waals surface area (Å²) >= 11 is 0. The Hall–Kier alpha value is -1.14. The van der Waals surface area contributed by atoms with Crippen LogP contribution in [0.25, 0.3) is 0 Å². The third kappa shape index (κ3) is 3.55. The van der Waals surface area contributed by atoms with Crippen LogP contribution in [0.15, 0.2) is 0 Å². The molecule has 0 aromatic carbocycles. The van der Waals surface area contributed by atoms with E-state index in [0.717, 1.165) is 38.8 Å². The summed E-state index contributed by atoms with van der Waals surface area (Å²) in [7, 11) is 3.33. The van der Waals surface area contributed by atoms with Crippen molar-refractivity contribution in [3.05, 3.63) is 0 Å². The van der Waals surface area contributed by atoms with Crippen LogP contribution in [-0.2, 0) is 14.3 Å². The molecule has 6 heteroatoms. The zero-order valence-electron chi connectivity index (χ0n) is 13.1. The Morgan fingerprint density at radius 1 is 1.29 bits per heavy atom. The molecule has 2 amide bonds. The highest BCUT2D eigenvalue weighted by molar-refractivity contribution is 5.84. The summed E-state index contributed by atoms with van der Waals surface area (Å²) in [4.78, 5) is 26.5. The van der Waals surface area contributed by atoms with Crippen molar-refractivity contribution in [2.75, 3.05) is 46.9 Å². The standard InChI is InChI=1S/C15H27N3O3/c1-16-13(19)12-3-9-18(10-4-12)14(20)15(11-21-2)5-7-17-8-6-15/h12,17H,3-11H2,1-2H3,(H,16,19). The van der Waals surface area contributed by atoms with Gasteiger partial charge >= 0.3 is 0 Å². The number of hydrogen-bond acceptors (Lipinski definition) is 4. The van der Waals surface area contributed by atoms with E-state index in [0.29, 0.717) is 19.7 Å². The molecule has 2 rings (SSSR count). The number of likely N-dealkylation sites (tertiary alicyclic amines) is 1. The minimum atomic E-state index is -0.375. The maximum atomic E-state index is 12.9. The molecule has 6 nitrogen and oxygen atoms in total. The van der Waals surface area contributed by atoms with Gasteiger partial charge in [-0.05, 0) is 38.8 Å². The molecule has 2 N–H and O–H groups in total. The number of carbonyl (C=O) groups is 2. The van der Waals surface area contributed by atoms with Gasteiger partial charge in [-0.3, -0.25) is 9.59 Å². The van der Waals surface area contributed by atoms with Gasteiger partial charge in [0.05, 0.1) is 12.0 Å². The second-order valence-corrected chi connectivity index (χ2v) is 6.14. The van der Waals surface area contributed by atoms with Crippen molar-refractivity contribution >= 4 is 11.8 Å². The lowest BCUT2D eigenvalue weighted by Gasteiger charge is -2.41. The Morgan fingerprint density at radius 2 is 1.90 bits per heavy atom. The molecule has 2 aliphatic heterocycles. The highest BCUT2D eigenvalue weighted by Gasteiger charge is 2.43. The van der Waals surface area contributed by atoms with Crippen LogP contribution >= 0.6 is 0 Å². The van der Waals surface area contributed by atoms with Gasteiger partial charge in [0.15, 0.2) is 0 Å². The largest absolute Gasteiger partial charge is 0.384 e. The topological polar surface area (TPSA) is 70.7 Å². The lowest BCUT2D eigenvalue weighted by Crippen LogP contribution is -2.53. The van der Waals surface area contributed by atoms with Crippen LogP contribution in [0.3, 0.4) is 0 Å². The molecule has 0 unspecified atom stereocenters. The van der Waals surface area contributed by atoms with E-state index in [1.807, 2.05) is 4.90 Å². The van der Waals surface area contributed by atoms with Crippen LogP contribution in [0.4, 0.5) is 0 Å². The third-order valence-corrected chi connectivity index (χ3v) is 4.83. The molecule has 0 atom stereocenters. The number of amides is 2. The normalized spacial score (nSPS) is 22.9. The van der Waals surface area contributed by atoms with Gasteiger partial charge in [-0.1, -0.05) is 0 Å². The van der Waals surface area contributed by atoms with E-state index < -0.39 is 0 Å². The van der Waals surface area contributed by atoms with Crippen LogP contribution in [0.1, 0.15) is 25.7 Å². The Labute approximate surface area is 126 Å². The second-order valence-electron chi connectivity index (χ2n) is 6.14. The minimum absolute atomic E-state index is 0.0467. The van der Waals surface area contributed by atoms with Gasteiger partial charge < -0.3 is 20.3 Å². The summed E-state index contributed by atoms with van der Waals surface area (Å²) in [5.74, 6) is 0.349. The molecule has 2 aliphatic rings. The quantitative estimate of drug-likeness (QED) is 0.765. The third-order valence-electron chi connectivity index (χ3n) is 4.83. The van der Waals surface area contributed by atoms with E-state index in [9.17, 15) is 9.59 Å². The first-order valence-corrected chi connectivity index (χ1v) is 7.83. The van der Waals surface area contributed by atoms with E-state index in [1.165, 1.54) is 0 Å². The van der Waals surface area contributed by atoms with Crippen molar-refractivity contribution in [3.8, 4) is 0 Å². The van der Waals surface area contributed by atoms with Crippen LogP contribution in [0, 0.1) is 11.3 Å². The number of hydrogen-bond donors (Lipinski definition) is 2. The van der Waals surface area contributed by atoms with Crippen molar-refractivity contribution in [2.24, 2.45) is 11.3 Å². The number of carbonyl (C=O) groups excluding carboxylic acids is 2. The van der Waals surface area contributed by atoms with E-state index in [1.54, 1.807) is 14.2 Å². The molecule has 2 saturated heterocycles. The van der Waals surface area contributed by atoms with Crippen molar-refractivity contribution in [1.82, 2.24) is 15.5 Å². The van der Waals surface area contributed by atoms with Crippen molar-refractivity contribution in [3.63, 3.8) is 0 Å². The summed E-state index contributed by atoms with van der Waals surface area (Å²) in [5, 5.41) is 6.01. The predicted octanol–water partition coefficient (Wildman–Crippen LogP) is -0.0128. The number of methoxy groups -OCH3 is 1. The molecule has 120 valence electrons. The maximum absolute atomic E-state index is 12.9. The number of piperidine rings is 2. The van der Waals surface area contributed by atoms with Gasteiger partial charge in [-0.2, -0.15) is 0 Å². The molecule has 0 aromatic heterocycles.